The lowest BCUT2D eigenvalue weighted by molar-refractivity contribution is 0.112. The third kappa shape index (κ3) is 1.94. The van der Waals surface area contributed by atoms with Crippen molar-refractivity contribution in [1.29, 1.82) is 0 Å². The number of carbonyl (C=O) groups is 1. The van der Waals surface area contributed by atoms with Crippen LogP contribution in [0.2, 0.25) is 5.15 Å². The van der Waals surface area contributed by atoms with Crippen molar-refractivity contribution in [1.82, 2.24) is 4.57 Å². The van der Waals surface area contributed by atoms with Crippen LogP contribution in [0.4, 0.5) is 4.39 Å². The lowest BCUT2D eigenvalue weighted by atomic mass is 10.2. The molecule has 90 valence electrons. The van der Waals surface area contributed by atoms with E-state index in [9.17, 15) is 9.18 Å². The molecular weight excluding hydrogens is 245 g/mol. The minimum atomic E-state index is -0.395. The molecule has 0 aliphatic heterocycles. The summed E-state index contributed by atoms with van der Waals surface area (Å²) in [4.78, 5) is 11.0. The Hall–Kier alpha value is -1.39. The predicted octanol–water partition coefficient (Wildman–Crippen LogP) is 2.89. The van der Waals surface area contributed by atoms with Crippen molar-refractivity contribution in [3.05, 3.63) is 34.7 Å². The second kappa shape index (κ2) is 4.85. The average molecular weight is 256 g/mol. The maximum Gasteiger partial charge on any atom is 0.153 e. The van der Waals surface area contributed by atoms with Crippen LogP contribution in [0.1, 0.15) is 10.4 Å². The Morgan fingerprint density at radius 1 is 1.53 bits per heavy atom. The smallest absolute Gasteiger partial charge is 0.153 e. The molecular formula is C12H11ClFNO2. The molecule has 0 saturated carbocycles. The standard InChI is InChI=1S/C12H11ClFNO2/c1-17-6-5-15-11-8(3-2-4-10(11)14)9(7-16)12(15)13/h2-4,7H,5-6H2,1H3. The number of methoxy groups -OCH3 is 1. The molecule has 2 rings (SSSR count). The molecule has 0 radical (unpaired) electrons. The van der Waals surface area contributed by atoms with Crippen molar-refractivity contribution in [2.45, 2.75) is 6.54 Å². The average Bonchev–Trinajstić information content (AvgIpc) is 2.60. The number of nitrogens with zero attached hydrogens (tertiary/aromatic N) is 1. The lowest BCUT2D eigenvalue weighted by Gasteiger charge is -2.06. The molecule has 3 nitrogen and oxygen atoms in total. The van der Waals surface area contributed by atoms with Crippen LogP contribution in [0.3, 0.4) is 0 Å². The third-order valence-corrected chi connectivity index (χ3v) is 3.05. The zero-order valence-corrected chi connectivity index (χ0v) is 10.00. The summed E-state index contributed by atoms with van der Waals surface area (Å²) in [5.74, 6) is -0.395. The molecule has 0 saturated heterocycles. The first kappa shape index (κ1) is 12.1. The molecule has 0 bridgehead atoms. The van der Waals surface area contributed by atoms with Crippen LogP contribution >= 0.6 is 11.6 Å². The van der Waals surface area contributed by atoms with Crippen LogP contribution in [-0.4, -0.2) is 24.6 Å². The van der Waals surface area contributed by atoms with Gasteiger partial charge in [0, 0.05) is 19.0 Å². The number of benzene rings is 1. The highest BCUT2D eigenvalue weighted by molar-refractivity contribution is 6.34. The summed E-state index contributed by atoms with van der Waals surface area (Å²) in [6.07, 6.45) is 0.646. The van der Waals surface area contributed by atoms with Gasteiger partial charge in [-0.1, -0.05) is 23.7 Å². The summed E-state index contributed by atoms with van der Waals surface area (Å²) in [7, 11) is 1.55. The Balaban J connectivity index is 2.71. The van der Waals surface area contributed by atoms with E-state index in [-0.39, 0.29) is 5.15 Å². The maximum absolute atomic E-state index is 13.8. The molecule has 1 aromatic carbocycles. The van der Waals surface area contributed by atoms with Gasteiger partial charge in [-0.2, -0.15) is 0 Å². The van der Waals surface area contributed by atoms with Crippen LogP contribution in [0, 0.1) is 5.82 Å². The minimum Gasteiger partial charge on any atom is -0.383 e. The molecule has 2 aromatic rings. The van der Waals surface area contributed by atoms with E-state index in [1.807, 2.05) is 0 Å². The van der Waals surface area contributed by atoms with E-state index in [1.54, 1.807) is 23.8 Å². The quantitative estimate of drug-likeness (QED) is 0.787. The molecule has 0 aliphatic carbocycles. The van der Waals surface area contributed by atoms with E-state index in [1.165, 1.54) is 6.07 Å². The Kier molecular flexibility index (Phi) is 3.45. The first-order chi connectivity index (χ1) is 8.20. The highest BCUT2D eigenvalue weighted by atomic mass is 35.5. The van der Waals surface area contributed by atoms with Gasteiger partial charge in [0.1, 0.15) is 11.0 Å². The monoisotopic (exact) mass is 255 g/mol. The zero-order chi connectivity index (χ0) is 12.4. The summed E-state index contributed by atoms with van der Waals surface area (Å²) >= 11 is 6.07. The Morgan fingerprint density at radius 2 is 2.29 bits per heavy atom. The Labute approximate surface area is 103 Å². The highest BCUT2D eigenvalue weighted by Gasteiger charge is 2.17. The van der Waals surface area contributed by atoms with Crippen molar-refractivity contribution in [3.63, 3.8) is 0 Å². The van der Waals surface area contributed by atoms with Crippen LogP contribution in [-0.2, 0) is 11.3 Å². The first-order valence-electron chi connectivity index (χ1n) is 5.11. The van der Waals surface area contributed by atoms with E-state index in [0.29, 0.717) is 35.9 Å². The molecule has 0 unspecified atom stereocenters. The summed E-state index contributed by atoms with van der Waals surface area (Å²) in [5, 5.41) is 0.776. The fourth-order valence-corrected chi connectivity index (χ4v) is 2.18. The number of ether oxygens (including phenoxy) is 1. The van der Waals surface area contributed by atoms with E-state index >= 15 is 0 Å². The van der Waals surface area contributed by atoms with Crippen molar-refractivity contribution < 1.29 is 13.9 Å². The van der Waals surface area contributed by atoms with Gasteiger partial charge in [0.2, 0.25) is 0 Å². The van der Waals surface area contributed by atoms with Gasteiger partial charge in [0.15, 0.2) is 6.29 Å². The molecule has 5 heteroatoms. The Morgan fingerprint density at radius 3 is 2.94 bits per heavy atom. The molecule has 0 amide bonds. The van der Waals surface area contributed by atoms with Crippen LogP contribution in [0.25, 0.3) is 10.9 Å². The van der Waals surface area contributed by atoms with Crippen LogP contribution in [0.5, 0.6) is 0 Å². The van der Waals surface area contributed by atoms with Crippen molar-refractivity contribution in [3.8, 4) is 0 Å². The molecule has 1 heterocycles. The van der Waals surface area contributed by atoms with Crippen LogP contribution in [0.15, 0.2) is 18.2 Å². The zero-order valence-electron chi connectivity index (χ0n) is 9.24. The van der Waals surface area contributed by atoms with E-state index in [4.69, 9.17) is 16.3 Å². The number of rotatable bonds is 4. The van der Waals surface area contributed by atoms with Crippen molar-refractivity contribution in [2.75, 3.05) is 13.7 Å². The number of aldehydes is 1. The van der Waals surface area contributed by atoms with E-state index in [2.05, 4.69) is 0 Å². The summed E-state index contributed by atoms with van der Waals surface area (Å²) in [6, 6.07) is 4.58. The van der Waals surface area contributed by atoms with Gasteiger partial charge in [0.05, 0.1) is 17.7 Å². The number of aromatic nitrogens is 1. The minimum absolute atomic E-state index is 0.247. The molecule has 0 spiro atoms. The number of para-hydroxylation sites is 1. The molecule has 0 fully saturated rings. The fourth-order valence-electron chi connectivity index (χ4n) is 1.87. The third-order valence-electron chi connectivity index (χ3n) is 2.64. The van der Waals surface area contributed by atoms with Gasteiger partial charge in [-0.25, -0.2) is 4.39 Å². The number of hydrogen-bond donors (Lipinski definition) is 0. The predicted molar refractivity (Wildman–Crippen MR) is 64.2 cm³/mol. The maximum atomic E-state index is 13.8. The molecule has 0 N–H and O–H groups in total. The van der Waals surface area contributed by atoms with Gasteiger partial charge in [-0.3, -0.25) is 4.79 Å². The molecule has 1 aromatic heterocycles. The SMILES string of the molecule is COCCn1c(Cl)c(C=O)c2cccc(F)c21. The number of halogens is 2. The summed E-state index contributed by atoms with van der Waals surface area (Å²) < 4.78 is 20.3. The Bertz CT molecular complexity index is 565. The van der Waals surface area contributed by atoms with Crippen LogP contribution < -0.4 is 0 Å². The second-order valence-corrected chi connectivity index (χ2v) is 3.96. The number of carbonyl (C=O) groups excluding carboxylic acids is 1. The van der Waals surface area contributed by atoms with Gasteiger partial charge in [-0.15, -0.1) is 0 Å². The van der Waals surface area contributed by atoms with Gasteiger partial charge in [-0.05, 0) is 6.07 Å². The molecule has 0 aliphatic rings. The first-order valence-corrected chi connectivity index (χ1v) is 5.48. The van der Waals surface area contributed by atoms with Gasteiger partial charge < -0.3 is 9.30 Å². The van der Waals surface area contributed by atoms with Gasteiger partial charge >= 0.3 is 0 Å². The highest BCUT2D eigenvalue weighted by Crippen LogP contribution is 2.30. The second-order valence-electron chi connectivity index (χ2n) is 3.60. The normalized spacial score (nSPS) is 11.0. The lowest BCUT2D eigenvalue weighted by Crippen LogP contribution is -2.05. The summed E-state index contributed by atoms with van der Waals surface area (Å²) in [6.45, 7) is 0.802. The fraction of sp³-hybridized carbons (Fsp3) is 0.250. The van der Waals surface area contributed by atoms with E-state index < -0.39 is 5.82 Å². The van der Waals surface area contributed by atoms with E-state index in [0.717, 1.165) is 0 Å². The molecule has 0 atom stereocenters. The summed E-state index contributed by atoms with van der Waals surface area (Å²) in [5.41, 5.74) is 0.661. The van der Waals surface area contributed by atoms with Gasteiger partial charge in [0.25, 0.3) is 0 Å². The number of hydrogen-bond acceptors (Lipinski definition) is 2. The molecule has 17 heavy (non-hydrogen) atoms. The van der Waals surface area contributed by atoms with Crippen molar-refractivity contribution >= 4 is 28.8 Å². The van der Waals surface area contributed by atoms with Crippen molar-refractivity contribution in [2.24, 2.45) is 0 Å². The topological polar surface area (TPSA) is 31.2 Å². The number of fused-ring (bicyclic) bond motifs is 1. The largest absolute Gasteiger partial charge is 0.383 e.